The molecule has 0 unspecified atom stereocenters. The molecule has 0 aliphatic rings. The number of rotatable bonds is 6. The van der Waals surface area contributed by atoms with E-state index in [-0.39, 0.29) is 12.2 Å². The number of aliphatic hydroxyl groups is 1. The number of allylic oxidation sites excluding steroid dienone is 2. The zero-order valence-corrected chi connectivity index (χ0v) is 9.71. The highest BCUT2D eigenvalue weighted by Crippen LogP contribution is 2.12. The first-order valence-corrected chi connectivity index (χ1v) is 5.10. The van der Waals surface area contributed by atoms with Crippen LogP contribution in [0.3, 0.4) is 0 Å². The summed E-state index contributed by atoms with van der Waals surface area (Å²) in [7, 11) is 0. The van der Waals surface area contributed by atoms with Crippen LogP contribution in [-0.2, 0) is 4.74 Å². The Hall–Kier alpha value is -0.600. The van der Waals surface area contributed by atoms with Crippen molar-refractivity contribution in [2.75, 3.05) is 13.2 Å². The van der Waals surface area contributed by atoms with Gasteiger partial charge in [0.1, 0.15) is 0 Å². The van der Waals surface area contributed by atoms with Crippen molar-refractivity contribution in [3.8, 4) is 0 Å². The van der Waals surface area contributed by atoms with Gasteiger partial charge in [0.05, 0.1) is 12.2 Å². The average molecular weight is 198 g/mol. The summed E-state index contributed by atoms with van der Waals surface area (Å²) in [5.74, 6) is 0. The van der Waals surface area contributed by atoms with Gasteiger partial charge in [-0.2, -0.15) is 0 Å². The summed E-state index contributed by atoms with van der Waals surface area (Å²) >= 11 is 0. The molecule has 0 aromatic rings. The molecule has 0 fully saturated rings. The van der Waals surface area contributed by atoms with Crippen LogP contribution in [0.4, 0.5) is 0 Å². The summed E-state index contributed by atoms with van der Waals surface area (Å²) in [5.41, 5.74) is 0.991. The minimum Gasteiger partial charge on any atom is -0.392 e. The predicted octanol–water partition coefficient (Wildman–Crippen LogP) is 2.69. The molecule has 0 amide bonds. The van der Waals surface area contributed by atoms with Crippen molar-refractivity contribution in [1.82, 2.24) is 0 Å². The maximum absolute atomic E-state index is 8.65. The molecule has 0 atom stereocenters. The van der Waals surface area contributed by atoms with E-state index in [2.05, 4.69) is 12.2 Å². The Balaban J connectivity index is 3.98. The SMILES string of the molecule is CCOC(C)(C)C=CCC(C)=CCO. The lowest BCUT2D eigenvalue weighted by Crippen LogP contribution is -2.20. The van der Waals surface area contributed by atoms with Crippen molar-refractivity contribution in [3.05, 3.63) is 23.8 Å². The molecule has 0 aromatic heterocycles. The largest absolute Gasteiger partial charge is 0.392 e. The molecule has 0 aliphatic carbocycles. The Morgan fingerprint density at radius 1 is 1.43 bits per heavy atom. The lowest BCUT2D eigenvalue weighted by molar-refractivity contribution is 0.0284. The Morgan fingerprint density at radius 2 is 2.07 bits per heavy atom. The van der Waals surface area contributed by atoms with Gasteiger partial charge < -0.3 is 9.84 Å². The minimum atomic E-state index is -0.186. The predicted molar refractivity (Wildman–Crippen MR) is 60.3 cm³/mol. The number of hydrogen-bond donors (Lipinski definition) is 1. The first-order chi connectivity index (χ1) is 6.52. The number of ether oxygens (including phenoxy) is 1. The lowest BCUT2D eigenvalue weighted by Gasteiger charge is -2.19. The van der Waals surface area contributed by atoms with Crippen LogP contribution in [0.5, 0.6) is 0 Å². The summed E-state index contributed by atoms with van der Waals surface area (Å²) in [4.78, 5) is 0. The summed E-state index contributed by atoms with van der Waals surface area (Å²) < 4.78 is 5.52. The molecule has 0 radical (unpaired) electrons. The van der Waals surface area contributed by atoms with Gasteiger partial charge in [-0.05, 0) is 34.1 Å². The van der Waals surface area contributed by atoms with Crippen molar-refractivity contribution in [2.24, 2.45) is 0 Å². The van der Waals surface area contributed by atoms with Crippen LogP contribution >= 0.6 is 0 Å². The summed E-state index contributed by atoms with van der Waals surface area (Å²) in [6.45, 7) is 8.92. The highest BCUT2D eigenvalue weighted by atomic mass is 16.5. The smallest absolute Gasteiger partial charge is 0.0806 e. The van der Waals surface area contributed by atoms with Gasteiger partial charge in [0, 0.05) is 6.61 Å². The van der Waals surface area contributed by atoms with Crippen LogP contribution in [-0.4, -0.2) is 23.9 Å². The van der Waals surface area contributed by atoms with Gasteiger partial charge in [0.2, 0.25) is 0 Å². The molecule has 2 nitrogen and oxygen atoms in total. The molecule has 2 heteroatoms. The maximum atomic E-state index is 8.65. The van der Waals surface area contributed by atoms with E-state index in [1.54, 1.807) is 0 Å². The monoisotopic (exact) mass is 198 g/mol. The number of aliphatic hydroxyl groups excluding tert-OH is 1. The van der Waals surface area contributed by atoms with Gasteiger partial charge in [-0.1, -0.05) is 23.8 Å². The topological polar surface area (TPSA) is 29.5 Å². The van der Waals surface area contributed by atoms with Crippen LogP contribution in [0, 0.1) is 0 Å². The van der Waals surface area contributed by atoms with Crippen LogP contribution in [0.15, 0.2) is 23.8 Å². The lowest BCUT2D eigenvalue weighted by atomic mass is 10.1. The summed E-state index contributed by atoms with van der Waals surface area (Å²) in [6.07, 6.45) is 6.83. The molecule has 0 rings (SSSR count). The fraction of sp³-hybridized carbons (Fsp3) is 0.667. The Bertz CT molecular complexity index is 202. The molecule has 0 heterocycles. The molecule has 0 aliphatic heterocycles. The van der Waals surface area contributed by atoms with Crippen molar-refractivity contribution in [1.29, 1.82) is 0 Å². The third kappa shape index (κ3) is 6.87. The molecule has 0 spiro atoms. The summed E-state index contributed by atoms with van der Waals surface area (Å²) in [6, 6.07) is 0. The van der Waals surface area contributed by atoms with E-state index in [0.29, 0.717) is 0 Å². The molecule has 82 valence electrons. The van der Waals surface area contributed by atoms with Crippen LogP contribution in [0.2, 0.25) is 0 Å². The molecular formula is C12H22O2. The van der Waals surface area contributed by atoms with E-state index in [9.17, 15) is 0 Å². The van der Waals surface area contributed by atoms with Gasteiger partial charge in [-0.25, -0.2) is 0 Å². The van der Waals surface area contributed by atoms with Crippen LogP contribution < -0.4 is 0 Å². The van der Waals surface area contributed by atoms with Gasteiger partial charge in [0.25, 0.3) is 0 Å². The average Bonchev–Trinajstić information content (AvgIpc) is 2.03. The summed E-state index contributed by atoms with van der Waals surface area (Å²) in [5, 5.41) is 8.65. The van der Waals surface area contributed by atoms with E-state index < -0.39 is 0 Å². The highest BCUT2D eigenvalue weighted by molar-refractivity contribution is 5.07. The minimum absolute atomic E-state index is 0.120. The van der Waals surface area contributed by atoms with E-state index in [4.69, 9.17) is 9.84 Å². The van der Waals surface area contributed by atoms with Crippen molar-refractivity contribution in [3.63, 3.8) is 0 Å². The fourth-order valence-corrected chi connectivity index (χ4v) is 1.19. The van der Waals surface area contributed by atoms with E-state index >= 15 is 0 Å². The zero-order chi connectivity index (χ0) is 11.0. The van der Waals surface area contributed by atoms with Crippen LogP contribution in [0.25, 0.3) is 0 Å². The second-order valence-corrected chi connectivity index (χ2v) is 3.88. The van der Waals surface area contributed by atoms with Gasteiger partial charge >= 0.3 is 0 Å². The molecule has 0 bridgehead atoms. The normalized spacial score (nSPS) is 13.9. The van der Waals surface area contributed by atoms with E-state index in [1.807, 2.05) is 33.8 Å². The molecule has 14 heavy (non-hydrogen) atoms. The van der Waals surface area contributed by atoms with Crippen molar-refractivity contribution in [2.45, 2.75) is 39.7 Å². The highest BCUT2D eigenvalue weighted by Gasteiger charge is 2.11. The second kappa shape index (κ2) is 6.80. The second-order valence-electron chi connectivity index (χ2n) is 3.88. The van der Waals surface area contributed by atoms with Gasteiger partial charge in [-0.15, -0.1) is 0 Å². The van der Waals surface area contributed by atoms with Crippen LogP contribution in [0.1, 0.15) is 34.1 Å². The number of hydrogen-bond acceptors (Lipinski definition) is 2. The Morgan fingerprint density at radius 3 is 2.57 bits per heavy atom. The molecule has 0 saturated carbocycles. The first-order valence-electron chi connectivity index (χ1n) is 5.10. The molecule has 1 N–H and O–H groups in total. The van der Waals surface area contributed by atoms with E-state index in [0.717, 1.165) is 13.0 Å². The Kier molecular flexibility index (Phi) is 6.50. The Labute approximate surface area is 87.3 Å². The quantitative estimate of drug-likeness (QED) is 0.665. The third-order valence-corrected chi connectivity index (χ3v) is 1.92. The molecule has 0 aromatic carbocycles. The van der Waals surface area contributed by atoms with E-state index in [1.165, 1.54) is 5.57 Å². The van der Waals surface area contributed by atoms with Gasteiger partial charge in [0.15, 0.2) is 0 Å². The van der Waals surface area contributed by atoms with Crippen molar-refractivity contribution < 1.29 is 9.84 Å². The van der Waals surface area contributed by atoms with Gasteiger partial charge in [-0.3, -0.25) is 0 Å². The first kappa shape index (κ1) is 13.4. The third-order valence-electron chi connectivity index (χ3n) is 1.92. The molecular weight excluding hydrogens is 176 g/mol. The zero-order valence-electron chi connectivity index (χ0n) is 9.71. The standard InChI is InChI=1S/C12H22O2/c1-5-14-12(3,4)9-6-7-11(2)8-10-13/h6,8-9,13H,5,7,10H2,1-4H3. The fourth-order valence-electron chi connectivity index (χ4n) is 1.19. The van der Waals surface area contributed by atoms with Crippen molar-refractivity contribution >= 4 is 0 Å². The maximum Gasteiger partial charge on any atom is 0.0806 e. The molecule has 0 saturated heterocycles.